The first-order chi connectivity index (χ1) is 11.7. The summed E-state index contributed by atoms with van der Waals surface area (Å²) in [6.07, 6.45) is 6.54. The fourth-order valence-corrected chi connectivity index (χ4v) is 4.14. The molecule has 0 bridgehead atoms. The number of rotatable bonds is 3. The monoisotopic (exact) mass is 366 g/mol. The predicted molar refractivity (Wildman–Crippen MR) is 103 cm³/mol. The lowest BCUT2D eigenvalue weighted by Crippen LogP contribution is -2.45. The molecular formula is C20H31ClN2O2. The molecule has 1 aromatic carbocycles. The highest BCUT2D eigenvalue weighted by Crippen LogP contribution is 2.33. The zero-order chi connectivity index (χ0) is 16.9. The lowest BCUT2D eigenvalue weighted by Gasteiger charge is -2.36. The van der Waals surface area contributed by atoms with E-state index in [2.05, 4.69) is 29.3 Å². The molecule has 4 nitrogen and oxygen atoms in total. The summed E-state index contributed by atoms with van der Waals surface area (Å²) in [7, 11) is 1.69. The number of nitrogens with zero attached hydrogens (tertiary/aromatic N) is 1. The molecule has 2 aliphatic rings. The Balaban J connectivity index is 0.00000225. The smallest absolute Gasteiger partial charge is 0.226 e. The third-order valence-corrected chi connectivity index (χ3v) is 5.51. The van der Waals surface area contributed by atoms with Crippen molar-refractivity contribution in [3.63, 3.8) is 0 Å². The number of hydrogen-bond donors (Lipinski definition) is 1. The van der Waals surface area contributed by atoms with E-state index in [0.29, 0.717) is 11.9 Å². The Morgan fingerprint density at radius 2 is 1.92 bits per heavy atom. The summed E-state index contributed by atoms with van der Waals surface area (Å²) >= 11 is 0. The van der Waals surface area contributed by atoms with Gasteiger partial charge in [0.2, 0.25) is 5.91 Å². The quantitative estimate of drug-likeness (QED) is 0.880. The lowest BCUT2D eigenvalue weighted by molar-refractivity contribution is -0.139. The minimum absolute atomic E-state index is 0. The molecule has 2 saturated heterocycles. The predicted octanol–water partition coefficient (Wildman–Crippen LogP) is 3.95. The van der Waals surface area contributed by atoms with E-state index in [0.717, 1.165) is 44.5 Å². The summed E-state index contributed by atoms with van der Waals surface area (Å²) in [4.78, 5) is 15.4. The van der Waals surface area contributed by atoms with Crippen LogP contribution < -0.4 is 10.1 Å². The summed E-state index contributed by atoms with van der Waals surface area (Å²) in [5, 5.41) is 3.45. The number of ether oxygens (including phenoxy) is 1. The number of carbonyl (C=O) groups is 1. The number of likely N-dealkylation sites (tertiary alicyclic amines) is 1. The zero-order valence-electron chi connectivity index (χ0n) is 15.4. The van der Waals surface area contributed by atoms with Crippen molar-refractivity contribution >= 4 is 18.3 Å². The third-order valence-electron chi connectivity index (χ3n) is 5.51. The summed E-state index contributed by atoms with van der Waals surface area (Å²) < 4.78 is 5.27. The number of methoxy groups -OCH3 is 1. The highest BCUT2D eigenvalue weighted by molar-refractivity contribution is 5.85. The maximum absolute atomic E-state index is 13.2. The second-order valence-electron chi connectivity index (χ2n) is 7.25. The molecule has 2 aliphatic heterocycles. The molecule has 25 heavy (non-hydrogen) atoms. The van der Waals surface area contributed by atoms with Gasteiger partial charge in [-0.05, 0) is 56.8 Å². The van der Waals surface area contributed by atoms with Crippen molar-refractivity contribution in [2.24, 2.45) is 5.92 Å². The number of hydrogen-bond acceptors (Lipinski definition) is 3. The lowest BCUT2D eigenvalue weighted by atomic mass is 9.90. The van der Waals surface area contributed by atoms with Crippen molar-refractivity contribution in [1.82, 2.24) is 10.2 Å². The molecular weight excluding hydrogens is 336 g/mol. The van der Waals surface area contributed by atoms with E-state index in [4.69, 9.17) is 4.74 Å². The normalized spacial score (nSPS) is 27.1. The average Bonchev–Trinajstić information content (AvgIpc) is 2.87. The maximum atomic E-state index is 13.2. The van der Waals surface area contributed by atoms with Crippen LogP contribution in [0.1, 0.15) is 57.1 Å². The maximum Gasteiger partial charge on any atom is 0.226 e. The second kappa shape index (κ2) is 9.44. The molecule has 5 heteroatoms. The van der Waals surface area contributed by atoms with Gasteiger partial charge in [0.25, 0.3) is 0 Å². The van der Waals surface area contributed by atoms with E-state index in [1.807, 2.05) is 12.1 Å². The first-order valence-electron chi connectivity index (χ1n) is 9.37. The molecule has 2 fully saturated rings. The Bertz CT molecular complexity index is 549. The van der Waals surface area contributed by atoms with Crippen molar-refractivity contribution in [3.05, 3.63) is 29.8 Å². The summed E-state index contributed by atoms with van der Waals surface area (Å²) in [5.74, 6) is 1.42. The van der Waals surface area contributed by atoms with Crippen LogP contribution in [0.3, 0.4) is 0 Å². The standard InChI is InChI=1S/C20H30N2O2.ClH/c1-15-14-17(11-12-21-15)20(23)22-13-5-3-4-6-19(22)16-7-9-18(24-2)10-8-16;/h7-10,15,17,19,21H,3-6,11-14H2,1-2H3;1H/t15-,17-,19?;/m0./s1. The van der Waals surface area contributed by atoms with Gasteiger partial charge in [-0.3, -0.25) is 4.79 Å². The van der Waals surface area contributed by atoms with Crippen molar-refractivity contribution in [2.75, 3.05) is 20.2 Å². The van der Waals surface area contributed by atoms with Gasteiger partial charge in [0.1, 0.15) is 5.75 Å². The summed E-state index contributed by atoms with van der Waals surface area (Å²) in [5.41, 5.74) is 1.24. The highest BCUT2D eigenvalue weighted by atomic mass is 35.5. The van der Waals surface area contributed by atoms with E-state index in [1.165, 1.54) is 18.4 Å². The van der Waals surface area contributed by atoms with Gasteiger partial charge in [0.05, 0.1) is 13.2 Å². The Kier molecular flexibility index (Phi) is 7.57. The second-order valence-corrected chi connectivity index (χ2v) is 7.25. The van der Waals surface area contributed by atoms with Gasteiger partial charge in [0.15, 0.2) is 0 Å². The van der Waals surface area contributed by atoms with Gasteiger partial charge >= 0.3 is 0 Å². The highest BCUT2D eigenvalue weighted by Gasteiger charge is 2.33. The molecule has 0 radical (unpaired) electrons. The van der Waals surface area contributed by atoms with Crippen LogP contribution in [-0.4, -0.2) is 37.0 Å². The van der Waals surface area contributed by atoms with Crippen LogP contribution in [0, 0.1) is 5.92 Å². The molecule has 0 saturated carbocycles. The first kappa shape index (κ1) is 20.1. The number of benzene rings is 1. The van der Waals surface area contributed by atoms with Gasteiger partial charge in [-0.2, -0.15) is 0 Å². The van der Waals surface area contributed by atoms with Crippen LogP contribution in [-0.2, 0) is 4.79 Å². The number of halogens is 1. The molecule has 0 aliphatic carbocycles. The molecule has 1 amide bonds. The van der Waals surface area contributed by atoms with Gasteiger partial charge in [-0.25, -0.2) is 0 Å². The molecule has 1 aromatic rings. The molecule has 140 valence electrons. The van der Waals surface area contributed by atoms with Crippen molar-refractivity contribution in [3.8, 4) is 5.75 Å². The molecule has 0 aromatic heterocycles. The fraction of sp³-hybridized carbons (Fsp3) is 0.650. The molecule has 3 atom stereocenters. The Labute approximate surface area is 157 Å². The van der Waals surface area contributed by atoms with Crippen molar-refractivity contribution in [2.45, 2.75) is 57.5 Å². The summed E-state index contributed by atoms with van der Waals surface area (Å²) in [6, 6.07) is 8.93. The van der Waals surface area contributed by atoms with E-state index < -0.39 is 0 Å². The van der Waals surface area contributed by atoms with Crippen LogP contribution in [0.4, 0.5) is 0 Å². The molecule has 3 rings (SSSR count). The topological polar surface area (TPSA) is 41.6 Å². The van der Waals surface area contributed by atoms with Gasteiger partial charge < -0.3 is 15.0 Å². The van der Waals surface area contributed by atoms with Crippen LogP contribution in [0.15, 0.2) is 24.3 Å². The Morgan fingerprint density at radius 3 is 2.60 bits per heavy atom. The Morgan fingerprint density at radius 1 is 1.16 bits per heavy atom. The fourth-order valence-electron chi connectivity index (χ4n) is 4.14. The Hall–Kier alpha value is -1.26. The number of amides is 1. The third kappa shape index (κ3) is 4.89. The molecule has 2 heterocycles. The van der Waals surface area contributed by atoms with Crippen molar-refractivity contribution in [1.29, 1.82) is 0 Å². The van der Waals surface area contributed by atoms with Crippen LogP contribution in [0.2, 0.25) is 0 Å². The minimum atomic E-state index is 0. The molecule has 1 unspecified atom stereocenters. The molecule has 0 spiro atoms. The number of carbonyl (C=O) groups excluding carboxylic acids is 1. The van der Waals surface area contributed by atoms with E-state index in [9.17, 15) is 4.79 Å². The van der Waals surface area contributed by atoms with E-state index >= 15 is 0 Å². The van der Waals surface area contributed by atoms with Gasteiger partial charge in [-0.15, -0.1) is 12.4 Å². The largest absolute Gasteiger partial charge is 0.497 e. The van der Waals surface area contributed by atoms with Crippen LogP contribution in [0.5, 0.6) is 5.75 Å². The van der Waals surface area contributed by atoms with Gasteiger partial charge in [0, 0.05) is 18.5 Å². The minimum Gasteiger partial charge on any atom is -0.497 e. The van der Waals surface area contributed by atoms with Crippen LogP contribution >= 0.6 is 12.4 Å². The van der Waals surface area contributed by atoms with E-state index in [1.54, 1.807) is 7.11 Å². The average molecular weight is 367 g/mol. The summed E-state index contributed by atoms with van der Waals surface area (Å²) in [6.45, 7) is 4.04. The SMILES string of the molecule is COc1ccc(C2CCCCCN2C(=O)[C@H]2CCN[C@@H](C)C2)cc1.Cl. The van der Waals surface area contributed by atoms with Crippen LogP contribution in [0.25, 0.3) is 0 Å². The first-order valence-corrected chi connectivity index (χ1v) is 9.37. The number of piperidine rings is 1. The zero-order valence-corrected chi connectivity index (χ0v) is 16.2. The van der Waals surface area contributed by atoms with Crippen molar-refractivity contribution < 1.29 is 9.53 Å². The van der Waals surface area contributed by atoms with E-state index in [-0.39, 0.29) is 24.4 Å². The van der Waals surface area contributed by atoms with Gasteiger partial charge in [-0.1, -0.05) is 25.0 Å². The molecule has 1 N–H and O–H groups in total. The number of nitrogens with one attached hydrogen (secondary N) is 1.